The molecule has 2 N–H and O–H groups in total. The van der Waals surface area contributed by atoms with Crippen molar-refractivity contribution in [1.82, 2.24) is 0 Å². The molecule has 8 nitrogen and oxygen atoms in total. The van der Waals surface area contributed by atoms with Crippen LogP contribution in [0.25, 0.3) is 0 Å². The van der Waals surface area contributed by atoms with Gasteiger partial charge in [-0.25, -0.2) is 4.79 Å². The Morgan fingerprint density at radius 1 is 1.38 bits per heavy atom. The lowest BCUT2D eigenvalue weighted by molar-refractivity contribution is -0.384. The number of anilines is 1. The topological polar surface area (TPSA) is 111 Å². The van der Waals surface area contributed by atoms with Crippen LogP contribution < -0.4 is 14.8 Å². The van der Waals surface area contributed by atoms with Gasteiger partial charge in [0.15, 0.2) is 11.5 Å². The maximum atomic E-state index is 11.2. The number of nitrogens with zero attached hydrogens (tertiary/aromatic N) is 1. The minimum atomic E-state index is -1.07. The Morgan fingerprint density at radius 2 is 1.95 bits per heavy atom. The van der Waals surface area contributed by atoms with Gasteiger partial charge in [-0.1, -0.05) is 13.3 Å². The highest BCUT2D eigenvalue weighted by Gasteiger charge is 2.24. The summed E-state index contributed by atoms with van der Waals surface area (Å²) in [4.78, 5) is 21.7. The minimum Gasteiger partial charge on any atom is -0.493 e. The Hall–Kier alpha value is -2.51. The molecule has 1 aromatic rings. The second-order valence-electron chi connectivity index (χ2n) is 4.31. The number of aliphatic carboxylic acids is 1. The molecule has 0 heterocycles. The highest BCUT2D eigenvalue weighted by molar-refractivity contribution is 5.80. The van der Waals surface area contributed by atoms with Gasteiger partial charge in [-0.05, 0) is 6.42 Å². The molecule has 0 aromatic heterocycles. The van der Waals surface area contributed by atoms with Gasteiger partial charge in [0, 0.05) is 6.07 Å². The number of nitrogens with one attached hydrogen (secondary N) is 1. The largest absolute Gasteiger partial charge is 0.493 e. The fraction of sp³-hybridized carbons (Fsp3) is 0.462. The first-order chi connectivity index (χ1) is 9.94. The van der Waals surface area contributed by atoms with Gasteiger partial charge in [-0.2, -0.15) is 0 Å². The van der Waals surface area contributed by atoms with Crippen molar-refractivity contribution in [2.75, 3.05) is 19.5 Å². The van der Waals surface area contributed by atoms with Crippen molar-refractivity contribution in [1.29, 1.82) is 0 Å². The van der Waals surface area contributed by atoms with Gasteiger partial charge in [0.2, 0.25) is 0 Å². The lowest BCUT2D eigenvalue weighted by atomic mass is 10.1. The highest BCUT2D eigenvalue weighted by atomic mass is 16.6. The summed E-state index contributed by atoms with van der Waals surface area (Å²) < 4.78 is 10.1. The van der Waals surface area contributed by atoms with Gasteiger partial charge in [-0.15, -0.1) is 0 Å². The van der Waals surface area contributed by atoms with Crippen LogP contribution in [0.15, 0.2) is 12.1 Å². The zero-order valence-corrected chi connectivity index (χ0v) is 12.1. The summed E-state index contributed by atoms with van der Waals surface area (Å²) >= 11 is 0. The number of nitro groups is 1. The molecule has 116 valence electrons. The average Bonchev–Trinajstić information content (AvgIpc) is 2.45. The van der Waals surface area contributed by atoms with Crippen molar-refractivity contribution < 1.29 is 24.3 Å². The van der Waals surface area contributed by atoms with Crippen LogP contribution >= 0.6 is 0 Å². The number of carbonyl (C=O) groups is 1. The fourth-order valence-corrected chi connectivity index (χ4v) is 1.87. The molecule has 1 unspecified atom stereocenters. The number of hydrogen-bond donors (Lipinski definition) is 2. The second-order valence-corrected chi connectivity index (χ2v) is 4.31. The third-order valence-corrected chi connectivity index (χ3v) is 2.90. The predicted molar refractivity (Wildman–Crippen MR) is 76.2 cm³/mol. The van der Waals surface area contributed by atoms with Gasteiger partial charge in [0.25, 0.3) is 5.69 Å². The van der Waals surface area contributed by atoms with E-state index in [0.717, 1.165) is 0 Å². The molecule has 0 aliphatic heterocycles. The molecule has 0 aliphatic carbocycles. The highest BCUT2D eigenvalue weighted by Crippen LogP contribution is 2.38. The standard InChI is InChI=1S/C13H18N2O6/c1-4-5-8(13(16)17)14-9-6-11(20-2)12(21-3)7-10(9)15(18)19/h6-8,14H,4-5H2,1-3H3,(H,16,17). The quantitative estimate of drug-likeness (QED) is 0.559. The van der Waals surface area contributed by atoms with Crippen LogP contribution in [0.4, 0.5) is 11.4 Å². The van der Waals surface area contributed by atoms with Crippen LogP contribution in [0.5, 0.6) is 11.5 Å². The van der Waals surface area contributed by atoms with Crippen molar-refractivity contribution >= 4 is 17.3 Å². The zero-order valence-electron chi connectivity index (χ0n) is 12.1. The molecular weight excluding hydrogens is 280 g/mol. The third-order valence-electron chi connectivity index (χ3n) is 2.90. The molecule has 0 fully saturated rings. The van der Waals surface area contributed by atoms with Crippen LogP contribution in [-0.4, -0.2) is 36.3 Å². The first-order valence-electron chi connectivity index (χ1n) is 6.34. The SMILES string of the molecule is CCCC(Nc1cc(OC)c(OC)cc1[N+](=O)[O-])C(=O)O. The van der Waals surface area contributed by atoms with Gasteiger partial charge in [-0.3, -0.25) is 10.1 Å². The monoisotopic (exact) mass is 298 g/mol. The second kappa shape index (κ2) is 7.32. The zero-order chi connectivity index (χ0) is 16.0. The minimum absolute atomic E-state index is 0.0819. The maximum Gasteiger partial charge on any atom is 0.326 e. The van der Waals surface area contributed by atoms with Crippen molar-refractivity contribution in [3.8, 4) is 11.5 Å². The molecule has 0 radical (unpaired) electrons. The Kier molecular flexibility index (Phi) is 5.77. The van der Waals surface area contributed by atoms with E-state index in [1.807, 2.05) is 6.92 Å². The van der Waals surface area contributed by atoms with Crippen molar-refractivity contribution in [3.05, 3.63) is 22.2 Å². The Morgan fingerprint density at radius 3 is 2.38 bits per heavy atom. The van der Waals surface area contributed by atoms with Crippen LogP contribution in [0.3, 0.4) is 0 Å². The van der Waals surface area contributed by atoms with E-state index < -0.39 is 16.9 Å². The van der Waals surface area contributed by atoms with E-state index in [9.17, 15) is 14.9 Å². The summed E-state index contributed by atoms with van der Waals surface area (Å²) in [6.07, 6.45) is 0.978. The number of rotatable bonds is 8. The van der Waals surface area contributed by atoms with Crippen LogP contribution in [0, 0.1) is 10.1 Å². The number of nitro benzene ring substituents is 1. The summed E-state index contributed by atoms with van der Waals surface area (Å²) in [6, 6.07) is 1.65. The van der Waals surface area contributed by atoms with Crippen LogP contribution in [0.1, 0.15) is 19.8 Å². The molecular formula is C13H18N2O6. The number of hydrogen-bond acceptors (Lipinski definition) is 6. The summed E-state index contributed by atoms with van der Waals surface area (Å²) in [7, 11) is 2.76. The van der Waals surface area contributed by atoms with Gasteiger partial charge >= 0.3 is 5.97 Å². The van der Waals surface area contributed by atoms with E-state index in [4.69, 9.17) is 14.6 Å². The van der Waals surface area contributed by atoms with Crippen LogP contribution in [-0.2, 0) is 4.79 Å². The third kappa shape index (κ3) is 3.98. The Labute approximate surface area is 121 Å². The van der Waals surface area contributed by atoms with E-state index in [-0.39, 0.29) is 22.9 Å². The molecule has 0 bridgehead atoms. The lowest BCUT2D eigenvalue weighted by Crippen LogP contribution is -2.29. The fourth-order valence-electron chi connectivity index (χ4n) is 1.87. The van der Waals surface area contributed by atoms with E-state index in [0.29, 0.717) is 12.8 Å². The van der Waals surface area contributed by atoms with E-state index in [2.05, 4.69) is 5.32 Å². The lowest BCUT2D eigenvalue weighted by Gasteiger charge is -2.16. The first-order valence-corrected chi connectivity index (χ1v) is 6.34. The molecule has 0 spiro atoms. The van der Waals surface area contributed by atoms with E-state index in [1.165, 1.54) is 26.4 Å². The Balaban J connectivity index is 3.25. The first kappa shape index (κ1) is 16.5. The average molecular weight is 298 g/mol. The van der Waals surface area contributed by atoms with Crippen molar-refractivity contribution in [2.45, 2.75) is 25.8 Å². The molecule has 0 saturated heterocycles. The molecule has 0 saturated carbocycles. The molecule has 21 heavy (non-hydrogen) atoms. The predicted octanol–water partition coefficient (Wildman–Crippen LogP) is 2.28. The normalized spacial score (nSPS) is 11.6. The van der Waals surface area contributed by atoms with Gasteiger partial charge in [0.05, 0.1) is 25.2 Å². The van der Waals surface area contributed by atoms with Crippen LogP contribution in [0.2, 0.25) is 0 Å². The van der Waals surface area contributed by atoms with Crippen molar-refractivity contribution in [2.24, 2.45) is 0 Å². The summed E-state index contributed by atoms with van der Waals surface area (Å²) in [5, 5.41) is 22.9. The van der Waals surface area contributed by atoms with E-state index >= 15 is 0 Å². The molecule has 1 aromatic carbocycles. The smallest absolute Gasteiger partial charge is 0.326 e. The number of carboxylic acid groups (broad SMARTS) is 1. The Bertz CT molecular complexity index is 532. The number of carboxylic acids is 1. The van der Waals surface area contributed by atoms with Gasteiger partial charge in [0.1, 0.15) is 11.7 Å². The summed E-state index contributed by atoms with van der Waals surface area (Å²) in [6.45, 7) is 1.83. The summed E-state index contributed by atoms with van der Waals surface area (Å²) in [5.74, 6) is -0.579. The molecule has 1 rings (SSSR count). The number of methoxy groups -OCH3 is 2. The maximum absolute atomic E-state index is 11.2. The van der Waals surface area contributed by atoms with E-state index in [1.54, 1.807) is 0 Å². The summed E-state index contributed by atoms with van der Waals surface area (Å²) in [5.41, 5.74) is -0.187. The number of ether oxygens (including phenoxy) is 2. The van der Waals surface area contributed by atoms with Gasteiger partial charge < -0.3 is 19.9 Å². The van der Waals surface area contributed by atoms with Crippen molar-refractivity contribution in [3.63, 3.8) is 0 Å². The molecule has 0 amide bonds. The molecule has 0 aliphatic rings. The molecule has 8 heteroatoms. The number of benzene rings is 1. The molecule has 1 atom stereocenters.